The predicted molar refractivity (Wildman–Crippen MR) is 86.7 cm³/mol. The van der Waals surface area contributed by atoms with E-state index in [-0.39, 0.29) is 11.8 Å². The Morgan fingerprint density at radius 2 is 2.22 bits per heavy atom. The number of pyridine rings is 1. The smallest absolute Gasteiger partial charge is 0.231 e. The normalized spacial score (nSPS) is 24.9. The molecule has 0 unspecified atom stereocenters. The van der Waals surface area contributed by atoms with E-state index in [0.29, 0.717) is 5.92 Å². The monoisotopic (exact) mass is 311 g/mol. The van der Waals surface area contributed by atoms with Crippen molar-refractivity contribution in [2.24, 2.45) is 18.9 Å². The molecule has 0 saturated carbocycles. The molecule has 2 aromatic rings. The zero-order valence-corrected chi connectivity index (χ0v) is 13.3. The van der Waals surface area contributed by atoms with Crippen molar-refractivity contribution >= 4 is 11.6 Å². The van der Waals surface area contributed by atoms with Gasteiger partial charge in [-0.25, -0.2) is 4.98 Å². The summed E-state index contributed by atoms with van der Waals surface area (Å²) in [6.07, 6.45) is 8.37. The summed E-state index contributed by atoms with van der Waals surface area (Å²) >= 11 is 0. The Hall–Kier alpha value is -2.21. The number of carbonyl (C=O) groups is 1. The van der Waals surface area contributed by atoms with E-state index < -0.39 is 0 Å². The lowest BCUT2D eigenvalue weighted by atomic mass is 9.88. The minimum absolute atomic E-state index is 0.101. The maximum Gasteiger partial charge on any atom is 0.231 e. The molecule has 6 nitrogen and oxygen atoms in total. The second-order valence-corrected chi connectivity index (χ2v) is 6.50. The summed E-state index contributed by atoms with van der Waals surface area (Å²) in [5, 5.41) is 0. The fraction of sp³-hybridized carbons (Fsp3) is 0.471. The van der Waals surface area contributed by atoms with Crippen LogP contribution in [0, 0.1) is 11.8 Å². The molecular formula is C17H21N5O. The molecule has 0 aliphatic carbocycles. The molecule has 0 spiro atoms. The van der Waals surface area contributed by atoms with Crippen LogP contribution >= 0.6 is 0 Å². The number of hydrogen-bond donors (Lipinski definition) is 0. The number of imidazole rings is 1. The van der Waals surface area contributed by atoms with Gasteiger partial charge in [-0.3, -0.25) is 14.7 Å². The molecule has 0 aromatic carbocycles. The van der Waals surface area contributed by atoms with Crippen LogP contribution in [0.3, 0.4) is 0 Å². The van der Waals surface area contributed by atoms with Crippen molar-refractivity contribution in [3.05, 3.63) is 42.7 Å². The minimum atomic E-state index is 0.101. The highest BCUT2D eigenvalue weighted by atomic mass is 16.2. The molecule has 23 heavy (non-hydrogen) atoms. The van der Waals surface area contributed by atoms with Gasteiger partial charge in [0.05, 0.1) is 24.3 Å². The molecule has 2 atom stereocenters. The summed E-state index contributed by atoms with van der Waals surface area (Å²) in [5.74, 6) is 1.87. The first-order valence-corrected chi connectivity index (χ1v) is 8.12. The van der Waals surface area contributed by atoms with Crippen molar-refractivity contribution in [2.75, 3.05) is 24.5 Å². The molecule has 1 amide bonds. The van der Waals surface area contributed by atoms with Gasteiger partial charge in [0.1, 0.15) is 5.82 Å². The lowest BCUT2D eigenvalue weighted by Gasteiger charge is -2.33. The Labute approximate surface area is 135 Å². The third-order valence-electron chi connectivity index (χ3n) is 5.07. The highest BCUT2D eigenvalue weighted by Crippen LogP contribution is 2.34. The summed E-state index contributed by atoms with van der Waals surface area (Å²) in [6, 6.07) is 3.85. The molecule has 0 bridgehead atoms. The van der Waals surface area contributed by atoms with Crippen molar-refractivity contribution in [1.82, 2.24) is 19.4 Å². The Morgan fingerprint density at radius 1 is 1.30 bits per heavy atom. The molecule has 2 fully saturated rings. The molecule has 120 valence electrons. The molecule has 4 heterocycles. The van der Waals surface area contributed by atoms with Gasteiger partial charge in [-0.15, -0.1) is 0 Å². The van der Waals surface area contributed by atoms with Crippen LogP contribution in [0.2, 0.25) is 0 Å². The van der Waals surface area contributed by atoms with Gasteiger partial charge >= 0.3 is 0 Å². The first-order valence-electron chi connectivity index (χ1n) is 8.12. The average molecular weight is 311 g/mol. The topological polar surface area (TPSA) is 54.3 Å². The zero-order valence-electron chi connectivity index (χ0n) is 13.3. The second-order valence-electron chi connectivity index (χ2n) is 6.50. The molecule has 0 radical (unpaired) electrons. The lowest BCUT2D eigenvalue weighted by molar-refractivity contribution is -0.124. The average Bonchev–Trinajstić information content (AvgIpc) is 3.16. The number of anilines is 1. The summed E-state index contributed by atoms with van der Waals surface area (Å²) in [5.41, 5.74) is 0.915. The van der Waals surface area contributed by atoms with E-state index in [0.717, 1.165) is 44.1 Å². The highest BCUT2D eigenvalue weighted by Gasteiger charge is 2.43. The number of rotatable bonds is 3. The number of fused-ring (bicyclic) bond motifs is 1. The Kier molecular flexibility index (Phi) is 3.61. The second kappa shape index (κ2) is 5.77. The third kappa shape index (κ3) is 2.63. The molecule has 2 aromatic heterocycles. The van der Waals surface area contributed by atoms with Gasteiger partial charge in [-0.05, 0) is 24.5 Å². The Balaban J connectivity index is 1.47. The van der Waals surface area contributed by atoms with Gasteiger partial charge in [0.25, 0.3) is 0 Å². The molecule has 2 saturated heterocycles. The number of nitrogens with zero attached hydrogens (tertiary/aromatic N) is 5. The Morgan fingerprint density at radius 3 is 2.96 bits per heavy atom. The SMILES string of the molecule is Cn1ccnc1CN1C[C@H]2CCN(c3cccnc3)C(=O)[C@@H]2C1. The van der Waals surface area contributed by atoms with Crippen molar-refractivity contribution in [1.29, 1.82) is 0 Å². The predicted octanol–water partition coefficient (Wildman–Crippen LogP) is 1.30. The summed E-state index contributed by atoms with van der Waals surface area (Å²) in [6.45, 7) is 3.43. The largest absolute Gasteiger partial charge is 0.337 e. The van der Waals surface area contributed by atoms with Crippen LogP contribution in [0.15, 0.2) is 36.9 Å². The summed E-state index contributed by atoms with van der Waals surface area (Å²) in [4.78, 5) is 25.7. The van der Waals surface area contributed by atoms with E-state index in [1.54, 1.807) is 12.4 Å². The first kappa shape index (κ1) is 14.4. The van der Waals surface area contributed by atoms with Crippen LogP contribution in [0.4, 0.5) is 5.69 Å². The fourth-order valence-electron chi connectivity index (χ4n) is 3.79. The van der Waals surface area contributed by atoms with Gasteiger partial charge in [0.15, 0.2) is 0 Å². The molecule has 0 N–H and O–H groups in total. The van der Waals surface area contributed by atoms with Crippen LogP contribution in [-0.2, 0) is 18.4 Å². The number of piperidine rings is 1. The molecule has 2 aliphatic rings. The van der Waals surface area contributed by atoms with Crippen molar-refractivity contribution in [2.45, 2.75) is 13.0 Å². The number of aromatic nitrogens is 3. The third-order valence-corrected chi connectivity index (χ3v) is 5.07. The molecule has 6 heteroatoms. The summed E-state index contributed by atoms with van der Waals surface area (Å²) < 4.78 is 2.05. The van der Waals surface area contributed by atoms with Crippen LogP contribution in [0.25, 0.3) is 0 Å². The Bertz CT molecular complexity index is 698. The van der Waals surface area contributed by atoms with E-state index in [1.807, 2.05) is 41.0 Å². The number of carbonyl (C=O) groups excluding carboxylic acids is 1. The number of amides is 1. The van der Waals surface area contributed by atoms with Crippen LogP contribution in [0.1, 0.15) is 12.2 Å². The van der Waals surface area contributed by atoms with Crippen LogP contribution in [0.5, 0.6) is 0 Å². The van der Waals surface area contributed by atoms with E-state index in [4.69, 9.17) is 0 Å². The quantitative estimate of drug-likeness (QED) is 0.857. The number of likely N-dealkylation sites (tertiary alicyclic amines) is 1. The van der Waals surface area contributed by atoms with Crippen molar-refractivity contribution < 1.29 is 4.79 Å². The van der Waals surface area contributed by atoms with Gasteiger partial charge in [0.2, 0.25) is 5.91 Å². The van der Waals surface area contributed by atoms with E-state index in [1.165, 1.54) is 0 Å². The minimum Gasteiger partial charge on any atom is -0.337 e. The molecular weight excluding hydrogens is 290 g/mol. The van der Waals surface area contributed by atoms with E-state index in [2.05, 4.69) is 14.9 Å². The molecule has 4 rings (SSSR count). The lowest BCUT2D eigenvalue weighted by Crippen LogP contribution is -2.45. The maximum atomic E-state index is 12.9. The first-order chi connectivity index (χ1) is 11.2. The van der Waals surface area contributed by atoms with Gasteiger partial charge in [-0.2, -0.15) is 0 Å². The van der Waals surface area contributed by atoms with Crippen molar-refractivity contribution in [3.8, 4) is 0 Å². The van der Waals surface area contributed by atoms with Gasteiger partial charge in [-0.1, -0.05) is 0 Å². The fourth-order valence-corrected chi connectivity index (χ4v) is 3.79. The highest BCUT2D eigenvalue weighted by molar-refractivity contribution is 5.96. The van der Waals surface area contributed by atoms with Crippen molar-refractivity contribution in [3.63, 3.8) is 0 Å². The zero-order chi connectivity index (χ0) is 15.8. The standard InChI is InChI=1S/C17H21N5O/c1-20-8-6-19-16(20)12-21-10-13-4-7-22(17(23)15(13)11-21)14-3-2-5-18-9-14/h2-3,5-6,8-9,13,15H,4,7,10-12H2,1H3/t13-,15-/m1/s1. The van der Waals surface area contributed by atoms with Crippen LogP contribution < -0.4 is 4.90 Å². The van der Waals surface area contributed by atoms with Gasteiger partial charge < -0.3 is 9.47 Å². The van der Waals surface area contributed by atoms with Gasteiger partial charge in [0, 0.05) is 45.3 Å². The maximum absolute atomic E-state index is 12.9. The summed E-state index contributed by atoms with van der Waals surface area (Å²) in [7, 11) is 2.01. The van der Waals surface area contributed by atoms with E-state index in [9.17, 15) is 4.79 Å². The number of hydrogen-bond acceptors (Lipinski definition) is 4. The van der Waals surface area contributed by atoms with Crippen LogP contribution in [-0.4, -0.2) is 45.0 Å². The number of aryl methyl sites for hydroxylation is 1. The van der Waals surface area contributed by atoms with E-state index >= 15 is 0 Å². The molecule has 2 aliphatic heterocycles.